The molecule has 0 bridgehead atoms. The zero-order valence-electron chi connectivity index (χ0n) is 9.08. The second-order valence-corrected chi connectivity index (χ2v) is 4.87. The maximum atomic E-state index is 6.22. The van der Waals surface area contributed by atoms with Crippen LogP contribution in [-0.4, -0.2) is 9.97 Å². The Balaban J connectivity index is 2.04. The minimum absolute atomic E-state index is 0.122. The molecule has 3 aromatic heterocycles. The van der Waals surface area contributed by atoms with E-state index in [1.54, 1.807) is 23.7 Å². The summed E-state index contributed by atoms with van der Waals surface area (Å²) in [6.07, 6.45) is 5.36. The molecule has 1 atom stereocenters. The number of fused-ring (bicyclic) bond motifs is 1. The molecule has 0 aliphatic heterocycles. The van der Waals surface area contributed by atoms with Crippen LogP contribution in [0.3, 0.4) is 0 Å². The smallest absolute Gasteiger partial charge is 0.123 e. The van der Waals surface area contributed by atoms with E-state index in [1.165, 1.54) is 0 Å². The standard InChI is InChI=1S/C13H11N3S/c14-12(10-4-1-5-15-8-10)11-7-9-3-2-6-16-13(9)17-11/h1-8,12H,14H2. The molecule has 3 nitrogen and oxygen atoms in total. The molecule has 0 saturated carbocycles. The summed E-state index contributed by atoms with van der Waals surface area (Å²) in [5.74, 6) is 0. The number of hydrogen-bond acceptors (Lipinski definition) is 4. The van der Waals surface area contributed by atoms with Gasteiger partial charge in [-0.2, -0.15) is 0 Å². The van der Waals surface area contributed by atoms with Gasteiger partial charge in [-0.15, -0.1) is 11.3 Å². The van der Waals surface area contributed by atoms with E-state index in [1.807, 2.05) is 24.4 Å². The monoisotopic (exact) mass is 241 g/mol. The topological polar surface area (TPSA) is 51.8 Å². The van der Waals surface area contributed by atoms with Crippen LogP contribution in [0, 0.1) is 0 Å². The van der Waals surface area contributed by atoms with Crippen LogP contribution in [-0.2, 0) is 0 Å². The van der Waals surface area contributed by atoms with Crippen LogP contribution < -0.4 is 5.73 Å². The number of aromatic nitrogens is 2. The molecule has 0 radical (unpaired) electrons. The Labute approximate surface area is 103 Å². The highest BCUT2D eigenvalue weighted by Crippen LogP contribution is 2.30. The van der Waals surface area contributed by atoms with Crippen LogP contribution in [0.4, 0.5) is 0 Å². The van der Waals surface area contributed by atoms with Gasteiger partial charge in [0.05, 0.1) is 6.04 Å². The molecule has 3 rings (SSSR count). The summed E-state index contributed by atoms with van der Waals surface area (Å²) in [6, 6.07) is 9.87. The van der Waals surface area contributed by atoms with Gasteiger partial charge < -0.3 is 5.73 Å². The van der Waals surface area contributed by atoms with Crippen LogP contribution in [0.5, 0.6) is 0 Å². The fourth-order valence-electron chi connectivity index (χ4n) is 1.77. The summed E-state index contributed by atoms with van der Waals surface area (Å²) in [5, 5.41) is 1.15. The van der Waals surface area contributed by atoms with Crippen LogP contribution in [0.2, 0.25) is 0 Å². The third-order valence-corrected chi connectivity index (χ3v) is 3.80. The van der Waals surface area contributed by atoms with Crippen molar-refractivity contribution in [2.45, 2.75) is 6.04 Å². The fourth-order valence-corrected chi connectivity index (χ4v) is 2.80. The Hall–Kier alpha value is -1.78. The third kappa shape index (κ3) is 1.92. The van der Waals surface area contributed by atoms with Gasteiger partial charge in [0.15, 0.2) is 0 Å². The number of nitrogens with two attached hydrogens (primary N) is 1. The van der Waals surface area contributed by atoms with E-state index >= 15 is 0 Å². The molecule has 84 valence electrons. The van der Waals surface area contributed by atoms with Gasteiger partial charge >= 0.3 is 0 Å². The molecule has 4 heteroatoms. The van der Waals surface area contributed by atoms with Crippen molar-refractivity contribution >= 4 is 21.6 Å². The Morgan fingerprint density at radius 2 is 2.06 bits per heavy atom. The van der Waals surface area contributed by atoms with E-state index in [-0.39, 0.29) is 6.04 Å². The molecule has 0 fully saturated rings. The number of rotatable bonds is 2. The van der Waals surface area contributed by atoms with E-state index in [9.17, 15) is 0 Å². The maximum absolute atomic E-state index is 6.22. The Morgan fingerprint density at radius 3 is 2.82 bits per heavy atom. The summed E-state index contributed by atoms with van der Waals surface area (Å²) in [6.45, 7) is 0. The molecule has 1 unspecified atom stereocenters. The van der Waals surface area contributed by atoms with Gasteiger partial charge in [-0.25, -0.2) is 4.98 Å². The van der Waals surface area contributed by atoms with Gasteiger partial charge in [-0.1, -0.05) is 12.1 Å². The van der Waals surface area contributed by atoms with Gasteiger partial charge in [0.1, 0.15) is 4.83 Å². The van der Waals surface area contributed by atoms with Crippen molar-refractivity contribution in [3.05, 3.63) is 59.4 Å². The summed E-state index contributed by atoms with van der Waals surface area (Å²) in [4.78, 5) is 10.6. The normalized spacial score (nSPS) is 12.8. The van der Waals surface area contributed by atoms with Crippen molar-refractivity contribution in [1.29, 1.82) is 0 Å². The lowest BCUT2D eigenvalue weighted by Crippen LogP contribution is -2.10. The molecule has 0 aromatic carbocycles. The largest absolute Gasteiger partial charge is 0.320 e. The van der Waals surface area contributed by atoms with Gasteiger partial charge in [0.2, 0.25) is 0 Å². The second kappa shape index (κ2) is 4.24. The van der Waals surface area contributed by atoms with Crippen LogP contribution >= 0.6 is 11.3 Å². The molecule has 0 aliphatic carbocycles. The van der Waals surface area contributed by atoms with Gasteiger partial charge in [-0.3, -0.25) is 4.98 Å². The summed E-state index contributed by atoms with van der Waals surface area (Å²) in [7, 11) is 0. The third-order valence-electron chi connectivity index (χ3n) is 2.66. The molecule has 0 saturated heterocycles. The van der Waals surface area contributed by atoms with Crippen molar-refractivity contribution in [2.75, 3.05) is 0 Å². The lowest BCUT2D eigenvalue weighted by molar-refractivity contribution is 0.885. The first-order valence-electron chi connectivity index (χ1n) is 5.34. The van der Waals surface area contributed by atoms with Crippen LogP contribution in [0.15, 0.2) is 48.9 Å². The zero-order valence-corrected chi connectivity index (χ0v) is 9.89. The lowest BCUT2D eigenvalue weighted by Gasteiger charge is -2.08. The van der Waals surface area contributed by atoms with Gasteiger partial charge in [0, 0.05) is 28.9 Å². The predicted molar refractivity (Wildman–Crippen MR) is 69.9 cm³/mol. The van der Waals surface area contributed by atoms with Crippen LogP contribution in [0.25, 0.3) is 10.2 Å². The zero-order chi connectivity index (χ0) is 11.7. The van der Waals surface area contributed by atoms with Crippen molar-refractivity contribution in [3.63, 3.8) is 0 Å². The number of pyridine rings is 2. The highest BCUT2D eigenvalue weighted by molar-refractivity contribution is 7.18. The van der Waals surface area contributed by atoms with Crippen molar-refractivity contribution in [2.24, 2.45) is 5.73 Å². The lowest BCUT2D eigenvalue weighted by atomic mass is 10.1. The minimum Gasteiger partial charge on any atom is -0.320 e. The summed E-state index contributed by atoms with van der Waals surface area (Å²) < 4.78 is 0. The molecule has 3 aromatic rings. The molecule has 0 spiro atoms. The van der Waals surface area contributed by atoms with E-state index in [0.717, 1.165) is 20.7 Å². The number of thiophene rings is 1. The van der Waals surface area contributed by atoms with Crippen molar-refractivity contribution in [1.82, 2.24) is 9.97 Å². The van der Waals surface area contributed by atoms with Crippen molar-refractivity contribution in [3.8, 4) is 0 Å². The Morgan fingerprint density at radius 1 is 1.18 bits per heavy atom. The molecular formula is C13H11N3S. The molecule has 17 heavy (non-hydrogen) atoms. The van der Waals surface area contributed by atoms with Crippen molar-refractivity contribution < 1.29 is 0 Å². The van der Waals surface area contributed by atoms with Gasteiger partial charge in [0.25, 0.3) is 0 Å². The second-order valence-electron chi connectivity index (χ2n) is 3.81. The Kier molecular flexibility index (Phi) is 2.59. The molecule has 0 aliphatic rings. The maximum Gasteiger partial charge on any atom is 0.123 e. The SMILES string of the molecule is NC(c1cccnc1)c1cc2cccnc2s1. The van der Waals surface area contributed by atoms with Crippen LogP contribution in [0.1, 0.15) is 16.5 Å². The van der Waals surface area contributed by atoms with Gasteiger partial charge in [-0.05, 0) is 23.8 Å². The van der Waals surface area contributed by atoms with E-state index in [4.69, 9.17) is 5.73 Å². The molecule has 0 amide bonds. The average Bonchev–Trinajstić information content (AvgIpc) is 2.82. The summed E-state index contributed by atoms with van der Waals surface area (Å²) >= 11 is 1.64. The highest BCUT2D eigenvalue weighted by atomic mass is 32.1. The minimum atomic E-state index is -0.122. The highest BCUT2D eigenvalue weighted by Gasteiger charge is 2.12. The molecule has 3 heterocycles. The fraction of sp³-hybridized carbons (Fsp3) is 0.0769. The molecular weight excluding hydrogens is 230 g/mol. The Bertz CT molecular complexity index is 600. The van der Waals surface area contributed by atoms with E-state index < -0.39 is 0 Å². The number of hydrogen-bond donors (Lipinski definition) is 1. The first-order chi connectivity index (χ1) is 8.34. The van der Waals surface area contributed by atoms with E-state index in [2.05, 4.69) is 22.1 Å². The predicted octanol–water partition coefficient (Wildman–Crippen LogP) is 2.74. The average molecular weight is 241 g/mol. The first kappa shape index (κ1) is 10.4. The quantitative estimate of drug-likeness (QED) is 0.750. The summed E-state index contributed by atoms with van der Waals surface area (Å²) in [5.41, 5.74) is 7.25. The molecule has 2 N–H and O–H groups in total. The first-order valence-corrected chi connectivity index (χ1v) is 6.16. The van der Waals surface area contributed by atoms with E-state index in [0.29, 0.717) is 0 Å². The number of nitrogens with zero attached hydrogens (tertiary/aromatic N) is 2.